The highest BCUT2D eigenvalue weighted by atomic mass is 16.3. The van der Waals surface area contributed by atoms with Gasteiger partial charge in [0.15, 0.2) is 0 Å². The van der Waals surface area contributed by atoms with Crippen LogP contribution in [0.2, 0.25) is 0 Å². The molecular weight excluding hydrogens is 260 g/mol. The largest absolute Gasteiger partial charge is 0.389 e. The van der Waals surface area contributed by atoms with Crippen LogP contribution < -0.4 is 5.32 Å². The summed E-state index contributed by atoms with van der Waals surface area (Å²) in [6.07, 6.45) is 11.2. The molecule has 2 aliphatic rings. The summed E-state index contributed by atoms with van der Waals surface area (Å²) < 4.78 is 0. The van der Waals surface area contributed by atoms with Crippen molar-refractivity contribution < 1.29 is 5.11 Å². The minimum absolute atomic E-state index is 0.401. The number of hydrogen-bond donors (Lipinski definition) is 2. The van der Waals surface area contributed by atoms with E-state index in [9.17, 15) is 5.11 Å². The Balaban J connectivity index is 1.85. The molecule has 2 saturated carbocycles. The Morgan fingerprint density at radius 2 is 1.95 bits per heavy atom. The SMILES string of the molecule is CCCC1CCC(NC)C(CN(C)CC2(O)CCCC2)C1. The molecule has 0 spiro atoms. The summed E-state index contributed by atoms with van der Waals surface area (Å²) >= 11 is 0. The van der Waals surface area contributed by atoms with Gasteiger partial charge < -0.3 is 15.3 Å². The average molecular weight is 296 g/mol. The van der Waals surface area contributed by atoms with Crippen molar-refractivity contribution in [2.45, 2.75) is 76.4 Å². The molecule has 3 heteroatoms. The summed E-state index contributed by atoms with van der Waals surface area (Å²) in [5.74, 6) is 1.67. The van der Waals surface area contributed by atoms with Gasteiger partial charge in [-0.3, -0.25) is 0 Å². The van der Waals surface area contributed by atoms with Crippen molar-refractivity contribution in [3.63, 3.8) is 0 Å². The monoisotopic (exact) mass is 296 g/mol. The van der Waals surface area contributed by atoms with Crippen molar-refractivity contribution in [3.8, 4) is 0 Å². The lowest BCUT2D eigenvalue weighted by atomic mass is 9.76. The van der Waals surface area contributed by atoms with E-state index in [2.05, 4.69) is 31.2 Å². The molecule has 0 radical (unpaired) electrons. The van der Waals surface area contributed by atoms with Crippen LogP contribution in [0.5, 0.6) is 0 Å². The topological polar surface area (TPSA) is 35.5 Å². The van der Waals surface area contributed by atoms with E-state index >= 15 is 0 Å². The Morgan fingerprint density at radius 1 is 1.24 bits per heavy atom. The number of likely N-dealkylation sites (N-methyl/N-ethyl adjacent to an activating group) is 1. The molecule has 0 amide bonds. The fraction of sp³-hybridized carbons (Fsp3) is 1.00. The summed E-state index contributed by atoms with van der Waals surface area (Å²) in [5, 5.41) is 14.1. The first-order valence-corrected chi connectivity index (χ1v) is 9.14. The minimum atomic E-state index is -0.401. The first-order chi connectivity index (χ1) is 10.1. The lowest BCUT2D eigenvalue weighted by Gasteiger charge is -2.39. The second-order valence-electron chi connectivity index (χ2n) is 7.75. The van der Waals surface area contributed by atoms with Crippen molar-refractivity contribution in [2.24, 2.45) is 11.8 Å². The molecule has 0 aliphatic heterocycles. The average Bonchev–Trinajstić information content (AvgIpc) is 2.85. The van der Waals surface area contributed by atoms with Gasteiger partial charge in [0.1, 0.15) is 0 Å². The summed E-state index contributed by atoms with van der Waals surface area (Å²) in [6, 6.07) is 0.666. The third-order valence-corrected chi connectivity index (χ3v) is 5.80. The molecule has 0 aromatic carbocycles. The van der Waals surface area contributed by atoms with E-state index in [-0.39, 0.29) is 0 Å². The number of hydrogen-bond acceptors (Lipinski definition) is 3. The van der Waals surface area contributed by atoms with Gasteiger partial charge in [-0.05, 0) is 58.0 Å². The second kappa shape index (κ2) is 7.94. The third-order valence-electron chi connectivity index (χ3n) is 5.80. The zero-order valence-corrected chi connectivity index (χ0v) is 14.4. The smallest absolute Gasteiger partial charge is 0.0774 e. The van der Waals surface area contributed by atoms with E-state index in [0.717, 1.165) is 37.8 Å². The molecule has 2 N–H and O–H groups in total. The summed E-state index contributed by atoms with van der Waals surface area (Å²) in [7, 11) is 4.31. The number of nitrogens with one attached hydrogen (secondary N) is 1. The van der Waals surface area contributed by atoms with Crippen LogP contribution in [0.3, 0.4) is 0 Å². The summed E-state index contributed by atoms with van der Waals surface area (Å²) in [6.45, 7) is 4.30. The maximum absolute atomic E-state index is 10.6. The Kier molecular flexibility index (Phi) is 6.51. The van der Waals surface area contributed by atoms with Crippen molar-refractivity contribution >= 4 is 0 Å². The molecule has 2 fully saturated rings. The molecular formula is C18H36N2O. The van der Waals surface area contributed by atoms with Crippen LogP contribution in [0.4, 0.5) is 0 Å². The maximum atomic E-state index is 10.6. The Labute approximate surface area is 131 Å². The molecule has 3 nitrogen and oxygen atoms in total. The zero-order valence-electron chi connectivity index (χ0n) is 14.4. The van der Waals surface area contributed by atoms with E-state index < -0.39 is 5.60 Å². The highest BCUT2D eigenvalue weighted by molar-refractivity contribution is 4.90. The van der Waals surface area contributed by atoms with Crippen LogP contribution in [0.1, 0.15) is 64.7 Å². The number of nitrogens with zero attached hydrogens (tertiary/aromatic N) is 1. The van der Waals surface area contributed by atoms with E-state index in [1.54, 1.807) is 0 Å². The molecule has 0 heterocycles. The fourth-order valence-electron chi connectivity index (χ4n) is 4.77. The Bertz CT molecular complexity index is 302. The minimum Gasteiger partial charge on any atom is -0.389 e. The van der Waals surface area contributed by atoms with Gasteiger partial charge in [0.25, 0.3) is 0 Å². The van der Waals surface area contributed by atoms with Crippen molar-refractivity contribution in [1.29, 1.82) is 0 Å². The van der Waals surface area contributed by atoms with Gasteiger partial charge in [-0.1, -0.05) is 32.6 Å². The van der Waals surface area contributed by atoms with Crippen LogP contribution in [-0.4, -0.2) is 48.8 Å². The molecule has 3 atom stereocenters. The van der Waals surface area contributed by atoms with Crippen molar-refractivity contribution in [1.82, 2.24) is 10.2 Å². The lowest BCUT2D eigenvalue weighted by molar-refractivity contribution is 0.00845. The van der Waals surface area contributed by atoms with Gasteiger partial charge in [-0.2, -0.15) is 0 Å². The Morgan fingerprint density at radius 3 is 2.57 bits per heavy atom. The van der Waals surface area contributed by atoms with E-state index in [0.29, 0.717) is 6.04 Å². The van der Waals surface area contributed by atoms with E-state index in [1.165, 1.54) is 44.9 Å². The van der Waals surface area contributed by atoms with Gasteiger partial charge in [-0.15, -0.1) is 0 Å². The highest BCUT2D eigenvalue weighted by Crippen LogP contribution is 2.34. The normalized spacial score (nSPS) is 32.7. The molecule has 2 rings (SSSR count). The van der Waals surface area contributed by atoms with Crippen LogP contribution in [-0.2, 0) is 0 Å². The van der Waals surface area contributed by atoms with Gasteiger partial charge >= 0.3 is 0 Å². The standard InChI is InChI=1S/C18H36N2O/c1-4-7-15-8-9-17(19-2)16(12-15)13-20(3)14-18(21)10-5-6-11-18/h15-17,19,21H,4-14H2,1-3H3. The van der Waals surface area contributed by atoms with Crippen LogP contribution in [0.25, 0.3) is 0 Å². The van der Waals surface area contributed by atoms with Crippen molar-refractivity contribution in [3.05, 3.63) is 0 Å². The molecule has 2 aliphatic carbocycles. The molecule has 0 bridgehead atoms. The summed E-state index contributed by atoms with van der Waals surface area (Å²) in [5.41, 5.74) is -0.401. The first kappa shape index (κ1) is 17.2. The molecule has 124 valence electrons. The van der Waals surface area contributed by atoms with Gasteiger partial charge in [0.05, 0.1) is 5.60 Å². The molecule has 0 aromatic heterocycles. The predicted molar refractivity (Wildman–Crippen MR) is 89.5 cm³/mol. The third kappa shape index (κ3) is 4.94. The molecule has 0 aromatic rings. The number of aliphatic hydroxyl groups is 1. The fourth-order valence-corrected chi connectivity index (χ4v) is 4.77. The second-order valence-corrected chi connectivity index (χ2v) is 7.75. The van der Waals surface area contributed by atoms with Gasteiger partial charge in [0, 0.05) is 19.1 Å². The van der Waals surface area contributed by atoms with E-state index in [4.69, 9.17) is 0 Å². The van der Waals surface area contributed by atoms with Crippen LogP contribution >= 0.6 is 0 Å². The maximum Gasteiger partial charge on any atom is 0.0774 e. The zero-order chi connectivity index (χ0) is 15.3. The predicted octanol–water partition coefficient (Wildman–Crippen LogP) is 3.03. The molecule has 3 unspecified atom stereocenters. The molecule has 0 saturated heterocycles. The lowest BCUT2D eigenvalue weighted by Crippen LogP contribution is -2.47. The summed E-state index contributed by atoms with van der Waals surface area (Å²) in [4.78, 5) is 2.40. The van der Waals surface area contributed by atoms with E-state index in [1.807, 2.05) is 0 Å². The highest BCUT2D eigenvalue weighted by Gasteiger charge is 2.34. The van der Waals surface area contributed by atoms with Crippen molar-refractivity contribution in [2.75, 3.05) is 27.2 Å². The first-order valence-electron chi connectivity index (χ1n) is 9.14. The quantitative estimate of drug-likeness (QED) is 0.758. The van der Waals surface area contributed by atoms with Crippen LogP contribution in [0.15, 0.2) is 0 Å². The van der Waals surface area contributed by atoms with Gasteiger partial charge in [0.2, 0.25) is 0 Å². The van der Waals surface area contributed by atoms with Crippen LogP contribution in [0, 0.1) is 11.8 Å². The molecule has 21 heavy (non-hydrogen) atoms. The Hall–Kier alpha value is -0.120. The number of rotatable bonds is 7. The van der Waals surface area contributed by atoms with Gasteiger partial charge in [-0.25, -0.2) is 0 Å².